The van der Waals surface area contributed by atoms with Crippen LogP contribution in [0.15, 0.2) is 109 Å². The lowest BCUT2D eigenvalue weighted by Crippen LogP contribution is -2.30. The Hall–Kier alpha value is -3.93. The Labute approximate surface area is 431 Å². The Bertz CT molecular complexity index is 1440. The largest absolute Gasteiger partial charge is 0.462 e. The molecule has 398 valence electrons. The molecule has 70 heavy (non-hydrogen) atoms. The number of hydrogen-bond donors (Lipinski definition) is 0. The molecule has 0 saturated heterocycles. The van der Waals surface area contributed by atoms with E-state index in [9.17, 15) is 14.4 Å². The molecule has 1 atom stereocenters. The molecule has 0 spiro atoms. The van der Waals surface area contributed by atoms with Crippen LogP contribution in [-0.2, 0) is 28.6 Å². The van der Waals surface area contributed by atoms with E-state index in [2.05, 4.69) is 112 Å². The Morgan fingerprint density at radius 2 is 0.629 bits per heavy atom. The Morgan fingerprint density at radius 3 is 1.06 bits per heavy atom. The molecule has 0 amide bonds. The second-order valence-corrected chi connectivity index (χ2v) is 18.9. The zero-order valence-corrected chi connectivity index (χ0v) is 45.5. The van der Waals surface area contributed by atoms with E-state index in [0.717, 1.165) is 122 Å². The lowest BCUT2D eigenvalue weighted by molar-refractivity contribution is -0.167. The molecule has 0 bridgehead atoms. The van der Waals surface area contributed by atoms with Crippen molar-refractivity contribution in [1.29, 1.82) is 0 Å². The van der Waals surface area contributed by atoms with E-state index in [1.807, 2.05) is 18.2 Å². The molecule has 0 saturated carbocycles. The maximum Gasteiger partial charge on any atom is 0.306 e. The van der Waals surface area contributed by atoms with Gasteiger partial charge in [0.05, 0.1) is 0 Å². The van der Waals surface area contributed by atoms with Crippen molar-refractivity contribution in [3.05, 3.63) is 109 Å². The molecule has 0 fully saturated rings. The van der Waals surface area contributed by atoms with Crippen molar-refractivity contribution < 1.29 is 28.6 Å². The quantitative estimate of drug-likeness (QED) is 0.0199. The first-order valence-corrected chi connectivity index (χ1v) is 29.0. The molecule has 6 heteroatoms. The van der Waals surface area contributed by atoms with Gasteiger partial charge >= 0.3 is 17.9 Å². The number of ether oxygens (including phenoxy) is 3. The fourth-order valence-electron chi connectivity index (χ4n) is 7.81. The predicted octanol–water partition coefficient (Wildman–Crippen LogP) is 19.5. The van der Waals surface area contributed by atoms with E-state index in [0.29, 0.717) is 19.3 Å². The molecule has 0 N–H and O–H groups in total. The third-order valence-electron chi connectivity index (χ3n) is 12.1. The molecule has 0 aromatic heterocycles. The lowest BCUT2D eigenvalue weighted by atomic mass is 10.1. The molecular formula is C64H106O6. The average Bonchev–Trinajstić information content (AvgIpc) is 3.36. The number of rotatable bonds is 51. The molecular weight excluding hydrogens is 865 g/mol. The number of allylic oxidation sites excluding steroid dienone is 18. The first-order valence-electron chi connectivity index (χ1n) is 29.0. The van der Waals surface area contributed by atoms with Crippen molar-refractivity contribution in [3.63, 3.8) is 0 Å². The summed E-state index contributed by atoms with van der Waals surface area (Å²) in [5, 5.41) is 0. The van der Waals surface area contributed by atoms with Crippen LogP contribution in [0.25, 0.3) is 0 Å². The zero-order chi connectivity index (χ0) is 50.7. The highest BCUT2D eigenvalue weighted by atomic mass is 16.6. The van der Waals surface area contributed by atoms with Gasteiger partial charge < -0.3 is 14.2 Å². The summed E-state index contributed by atoms with van der Waals surface area (Å²) in [5.41, 5.74) is 0. The van der Waals surface area contributed by atoms with E-state index in [-0.39, 0.29) is 31.1 Å². The molecule has 0 aliphatic carbocycles. The number of carbonyl (C=O) groups is 3. The van der Waals surface area contributed by atoms with Crippen LogP contribution in [-0.4, -0.2) is 37.2 Å². The third-order valence-corrected chi connectivity index (χ3v) is 12.1. The van der Waals surface area contributed by atoms with Crippen molar-refractivity contribution in [1.82, 2.24) is 0 Å². The van der Waals surface area contributed by atoms with Gasteiger partial charge in [-0.2, -0.15) is 0 Å². The summed E-state index contributed by atoms with van der Waals surface area (Å²) in [6, 6.07) is 0. The van der Waals surface area contributed by atoms with E-state index in [1.54, 1.807) is 0 Å². The molecule has 1 unspecified atom stereocenters. The van der Waals surface area contributed by atoms with Gasteiger partial charge in [0.1, 0.15) is 13.2 Å². The van der Waals surface area contributed by atoms with Crippen molar-refractivity contribution >= 4 is 17.9 Å². The van der Waals surface area contributed by atoms with Crippen LogP contribution in [0.5, 0.6) is 0 Å². The second-order valence-electron chi connectivity index (χ2n) is 18.9. The Balaban J connectivity index is 4.46. The molecule has 0 aliphatic heterocycles. The summed E-state index contributed by atoms with van der Waals surface area (Å²) in [6.45, 7) is 6.36. The Morgan fingerprint density at radius 1 is 0.314 bits per heavy atom. The highest BCUT2D eigenvalue weighted by Crippen LogP contribution is 2.15. The minimum absolute atomic E-state index is 0.0965. The van der Waals surface area contributed by atoms with Crippen molar-refractivity contribution in [3.8, 4) is 0 Å². The summed E-state index contributed by atoms with van der Waals surface area (Å²) in [7, 11) is 0. The van der Waals surface area contributed by atoms with Crippen LogP contribution in [0.4, 0.5) is 0 Å². The van der Waals surface area contributed by atoms with Gasteiger partial charge in [-0.1, -0.05) is 252 Å². The highest BCUT2D eigenvalue weighted by Gasteiger charge is 2.19. The first kappa shape index (κ1) is 66.1. The van der Waals surface area contributed by atoms with E-state index >= 15 is 0 Å². The molecule has 0 aromatic carbocycles. The van der Waals surface area contributed by atoms with Crippen LogP contribution in [0.3, 0.4) is 0 Å². The van der Waals surface area contributed by atoms with Crippen molar-refractivity contribution in [2.75, 3.05) is 13.2 Å². The molecule has 0 heterocycles. The van der Waals surface area contributed by atoms with Crippen LogP contribution in [0.2, 0.25) is 0 Å². The fraction of sp³-hybridized carbons (Fsp3) is 0.672. The second kappa shape index (κ2) is 57.6. The van der Waals surface area contributed by atoms with Crippen molar-refractivity contribution in [2.45, 2.75) is 264 Å². The summed E-state index contributed by atoms with van der Waals surface area (Å²) >= 11 is 0. The maximum atomic E-state index is 12.9. The zero-order valence-electron chi connectivity index (χ0n) is 45.5. The fourth-order valence-corrected chi connectivity index (χ4v) is 7.81. The lowest BCUT2D eigenvalue weighted by Gasteiger charge is -2.18. The minimum Gasteiger partial charge on any atom is -0.462 e. The SMILES string of the molecule is CC\C=C/C=C\C=C/C=C\CCCCCCCC(=O)OCC(COC(=O)CCCCCCCCCCC/C=C\C/C=C\C/C=C\CC)OC(=O)CCCCCCC/C=C\C=C/CCCCCCCCC. The molecule has 0 aromatic rings. The van der Waals surface area contributed by atoms with Gasteiger partial charge in [0.15, 0.2) is 6.10 Å². The monoisotopic (exact) mass is 971 g/mol. The minimum atomic E-state index is -0.801. The van der Waals surface area contributed by atoms with Gasteiger partial charge in [0, 0.05) is 19.3 Å². The third kappa shape index (κ3) is 55.0. The number of hydrogen-bond acceptors (Lipinski definition) is 6. The molecule has 6 nitrogen and oxygen atoms in total. The van der Waals surface area contributed by atoms with Gasteiger partial charge in [0.2, 0.25) is 0 Å². The van der Waals surface area contributed by atoms with E-state index < -0.39 is 6.10 Å². The Kier molecular flexibility index (Phi) is 54.4. The molecule has 0 rings (SSSR count). The maximum absolute atomic E-state index is 12.9. The predicted molar refractivity (Wildman–Crippen MR) is 302 cm³/mol. The molecule has 0 radical (unpaired) electrons. The average molecular weight is 972 g/mol. The van der Waals surface area contributed by atoms with Gasteiger partial charge in [0.25, 0.3) is 0 Å². The standard InChI is InChI=1S/C64H106O6/c1-4-7-10-13-16-19-22-25-28-30-32-34-36-39-42-45-48-51-54-57-63(66)69-60-61(59-68-62(65)56-53-50-47-44-41-38-35-27-24-21-18-15-12-9-6-3)70-64(67)58-55-52-49-46-43-40-37-33-31-29-26-23-20-17-14-11-8-5-2/h7,9-10,12,15-16,18-19,21,24-25,27-29,31,33,35,37,61H,4-6,8,11,13-14,17,20,22-23,26,30,32,34,36,38-60H2,1-3H3/b10-7-,12-9-,18-15-,19-16-,24-21-,28-25-,31-29-,35-27-,37-33-. The number of unbranched alkanes of at least 4 members (excludes halogenated alkanes) is 26. The summed E-state index contributed by atoms with van der Waals surface area (Å²) < 4.78 is 16.8. The molecule has 0 aliphatic rings. The van der Waals surface area contributed by atoms with Crippen LogP contribution in [0, 0.1) is 0 Å². The summed E-state index contributed by atoms with van der Waals surface area (Å²) in [4.78, 5) is 38.2. The normalized spacial score (nSPS) is 12.9. The van der Waals surface area contributed by atoms with Gasteiger partial charge in [-0.05, 0) is 96.3 Å². The van der Waals surface area contributed by atoms with Gasteiger partial charge in [-0.3, -0.25) is 14.4 Å². The van der Waals surface area contributed by atoms with Crippen molar-refractivity contribution in [2.24, 2.45) is 0 Å². The van der Waals surface area contributed by atoms with E-state index in [4.69, 9.17) is 14.2 Å². The summed E-state index contributed by atoms with van der Waals surface area (Å²) in [6.07, 6.45) is 77.9. The van der Waals surface area contributed by atoms with Crippen LogP contribution >= 0.6 is 0 Å². The van der Waals surface area contributed by atoms with Gasteiger partial charge in [-0.15, -0.1) is 0 Å². The smallest absolute Gasteiger partial charge is 0.306 e. The van der Waals surface area contributed by atoms with Crippen LogP contribution in [0.1, 0.15) is 258 Å². The number of carbonyl (C=O) groups excluding carboxylic acids is 3. The number of esters is 3. The highest BCUT2D eigenvalue weighted by molar-refractivity contribution is 5.71. The van der Waals surface area contributed by atoms with Gasteiger partial charge in [-0.25, -0.2) is 0 Å². The van der Waals surface area contributed by atoms with Crippen LogP contribution < -0.4 is 0 Å². The first-order chi connectivity index (χ1) is 34.5. The topological polar surface area (TPSA) is 78.9 Å². The van der Waals surface area contributed by atoms with E-state index in [1.165, 1.54) is 96.3 Å². The summed E-state index contributed by atoms with van der Waals surface area (Å²) in [5.74, 6) is -0.939.